The van der Waals surface area contributed by atoms with Crippen LogP contribution in [0.4, 0.5) is 13.2 Å². The molecule has 0 saturated carbocycles. The Hall–Kier alpha value is -1.04. The summed E-state index contributed by atoms with van der Waals surface area (Å²) in [5, 5.41) is 3.29. The van der Waals surface area contributed by atoms with Crippen molar-refractivity contribution in [3.8, 4) is 0 Å². The van der Waals surface area contributed by atoms with E-state index >= 15 is 0 Å². The lowest BCUT2D eigenvalue weighted by Crippen LogP contribution is -2.36. The first-order valence-corrected chi connectivity index (χ1v) is 5.91. The van der Waals surface area contributed by atoms with Crippen LogP contribution in [-0.4, -0.2) is 23.2 Å². The molecule has 0 bridgehead atoms. The number of hydrogen-bond donors (Lipinski definition) is 1. The summed E-state index contributed by atoms with van der Waals surface area (Å²) in [5.74, 6) is 0.242. The molecular formula is C12H19F3N2O. The minimum absolute atomic E-state index is 0.0397. The Morgan fingerprint density at radius 1 is 1.28 bits per heavy atom. The van der Waals surface area contributed by atoms with Crippen LogP contribution in [0.5, 0.6) is 0 Å². The van der Waals surface area contributed by atoms with Crippen LogP contribution in [0.1, 0.15) is 38.8 Å². The first-order chi connectivity index (χ1) is 8.16. The molecule has 0 aliphatic rings. The van der Waals surface area contributed by atoms with Crippen LogP contribution in [0.15, 0.2) is 10.6 Å². The van der Waals surface area contributed by atoms with Crippen molar-refractivity contribution in [2.75, 3.05) is 6.54 Å². The van der Waals surface area contributed by atoms with Gasteiger partial charge in [-0.2, -0.15) is 13.2 Å². The standard InChI is InChI=1S/C12H19F3N2O/c1-11(2,3)17-6-4-5-10-16-8-9(18-10)7-12(13,14)15/h8,17H,4-7H2,1-3H3. The van der Waals surface area contributed by atoms with Gasteiger partial charge >= 0.3 is 6.18 Å². The van der Waals surface area contributed by atoms with Crippen molar-refractivity contribution in [3.63, 3.8) is 0 Å². The van der Waals surface area contributed by atoms with Crippen LogP contribution in [0.2, 0.25) is 0 Å². The number of nitrogens with zero attached hydrogens (tertiary/aromatic N) is 1. The van der Waals surface area contributed by atoms with E-state index in [-0.39, 0.29) is 11.3 Å². The molecule has 104 valence electrons. The van der Waals surface area contributed by atoms with Gasteiger partial charge in [0.15, 0.2) is 5.89 Å². The lowest BCUT2D eigenvalue weighted by atomic mass is 10.1. The molecule has 0 fully saturated rings. The highest BCUT2D eigenvalue weighted by molar-refractivity contribution is 4.96. The Labute approximate surface area is 105 Å². The van der Waals surface area contributed by atoms with Gasteiger partial charge in [0.05, 0.1) is 6.20 Å². The van der Waals surface area contributed by atoms with Crippen LogP contribution in [-0.2, 0) is 12.8 Å². The van der Waals surface area contributed by atoms with E-state index in [2.05, 4.69) is 31.1 Å². The van der Waals surface area contributed by atoms with Crippen molar-refractivity contribution in [2.45, 2.75) is 51.7 Å². The highest BCUT2D eigenvalue weighted by Gasteiger charge is 2.29. The van der Waals surface area contributed by atoms with Crippen LogP contribution in [0, 0.1) is 0 Å². The molecule has 1 aromatic rings. The molecule has 0 aliphatic heterocycles. The summed E-state index contributed by atoms with van der Waals surface area (Å²) in [6, 6.07) is 0. The molecular weight excluding hydrogens is 245 g/mol. The molecule has 3 nitrogen and oxygen atoms in total. The number of oxazole rings is 1. The molecule has 0 amide bonds. The maximum absolute atomic E-state index is 12.1. The van der Waals surface area contributed by atoms with Gasteiger partial charge in [0.1, 0.15) is 12.2 Å². The topological polar surface area (TPSA) is 38.1 Å². The Kier molecular flexibility index (Phi) is 4.78. The zero-order valence-corrected chi connectivity index (χ0v) is 10.9. The van der Waals surface area contributed by atoms with E-state index < -0.39 is 12.6 Å². The van der Waals surface area contributed by atoms with E-state index in [4.69, 9.17) is 4.42 Å². The van der Waals surface area contributed by atoms with Crippen molar-refractivity contribution in [2.24, 2.45) is 0 Å². The third-order valence-corrected chi connectivity index (χ3v) is 2.20. The highest BCUT2D eigenvalue weighted by atomic mass is 19.4. The number of hydrogen-bond acceptors (Lipinski definition) is 3. The number of alkyl halides is 3. The van der Waals surface area contributed by atoms with Crippen LogP contribution in [0.25, 0.3) is 0 Å². The van der Waals surface area contributed by atoms with E-state index in [1.165, 1.54) is 0 Å². The molecule has 18 heavy (non-hydrogen) atoms. The maximum Gasteiger partial charge on any atom is 0.396 e. The minimum Gasteiger partial charge on any atom is -0.445 e. The molecule has 0 saturated heterocycles. The van der Waals surface area contributed by atoms with E-state index in [9.17, 15) is 13.2 Å². The van der Waals surface area contributed by atoms with E-state index in [1.54, 1.807) is 0 Å². The summed E-state index contributed by atoms with van der Waals surface area (Å²) in [6.07, 6.45) is -2.82. The monoisotopic (exact) mass is 264 g/mol. The van der Waals surface area contributed by atoms with Crippen molar-refractivity contribution < 1.29 is 17.6 Å². The van der Waals surface area contributed by atoms with E-state index in [0.717, 1.165) is 19.2 Å². The second-order valence-electron chi connectivity index (χ2n) is 5.29. The summed E-state index contributed by atoms with van der Waals surface area (Å²) in [7, 11) is 0. The fraction of sp³-hybridized carbons (Fsp3) is 0.750. The molecule has 1 rings (SSSR count). The Morgan fingerprint density at radius 3 is 2.50 bits per heavy atom. The molecule has 0 unspecified atom stereocenters. The summed E-state index contributed by atoms with van der Waals surface area (Å²) < 4.78 is 41.3. The van der Waals surface area contributed by atoms with E-state index in [1.807, 2.05) is 0 Å². The number of halogens is 3. The summed E-state index contributed by atoms with van der Waals surface area (Å²) >= 11 is 0. The Morgan fingerprint density at radius 2 is 1.94 bits per heavy atom. The predicted molar refractivity (Wildman–Crippen MR) is 62.3 cm³/mol. The van der Waals surface area contributed by atoms with Crippen molar-refractivity contribution in [1.29, 1.82) is 0 Å². The molecule has 6 heteroatoms. The summed E-state index contributed by atoms with van der Waals surface area (Å²) in [5.41, 5.74) is 0.0397. The maximum atomic E-state index is 12.1. The van der Waals surface area contributed by atoms with Gasteiger partial charge in [-0.25, -0.2) is 4.98 Å². The van der Waals surface area contributed by atoms with Crippen LogP contribution < -0.4 is 5.32 Å². The van der Waals surface area contributed by atoms with E-state index in [0.29, 0.717) is 12.3 Å². The van der Waals surface area contributed by atoms with Gasteiger partial charge in [-0.05, 0) is 33.7 Å². The zero-order valence-electron chi connectivity index (χ0n) is 10.9. The van der Waals surface area contributed by atoms with Gasteiger partial charge in [0.25, 0.3) is 0 Å². The quantitative estimate of drug-likeness (QED) is 0.830. The van der Waals surface area contributed by atoms with Crippen molar-refractivity contribution in [3.05, 3.63) is 17.8 Å². The number of aromatic nitrogens is 1. The lowest BCUT2D eigenvalue weighted by Gasteiger charge is -2.20. The second-order valence-corrected chi connectivity index (χ2v) is 5.29. The van der Waals surface area contributed by atoms with Crippen LogP contribution in [0.3, 0.4) is 0 Å². The third-order valence-electron chi connectivity index (χ3n) is 2.20. The normalized spacial score (nSPS) is 13.0. The third kappa shape index (κ3) is 6.64. The average molecular weight is 264 g/mol. The first-order valence-electron chi connectivity index (χ1n) is 5.91. The smallest absolute Gasteiger partial charge is 0.396 e. The SMILES string of the molecule is CC(C)(C)NCCCc1ncc(CC(F)(F)F)o1. The van der Waals surface area contributed by atoms with Gasteiger partial charge in [-0.1, -0.05) is 0 Å². The molecule has 1 aromatic heterocycles. The molecule has 1 N–H and O–H groups in total. The lowest BCUT2D eigenvalue weighted by molar-refractivity contribution is -0.130. The largest absolute Gasteiger partial charge is 0.445 e. The minimum atomic E-state index is -4.25. The number of rotatable bonds is 5. The first kappa shape index (κ1) is 15.0. The van der Waals surface area contributed by atoms with Gasteiger partial charge in [-0.15, -0.1) is 0 Å². The number of aryl methyl sites for hydroxylation is 1. The molecule has 0 radical (unpaired) electrons. The van der Waals surface area contributed by atoms with Crippen molar-refractivity contribution in [1.82, 2.24) is 10.3 Å². The van der Waals surface area contributed by atoms with Crippen molar-refractivity contribution >= 4 is 0 Å². The summed E-state index contributed by atoms with van der Waals surface area (Å²) in [4.78, 5) is 3.84. The predicted octanol–water partition coefficient (Wildman–Crippen LogP) is 3.10. The molecule has 0 atom stereocenters. The molecule has 0 aliphatic carbocycles. The van der Waals surface area contributed by atoms with Gasteiger partial charge in [0, 0.05) is 12.0 Å². The Bertz CT molecular complexity index is 366. The van der Waals surface area contributed by atoms with Gasteiger partial charge in [-0.3, -0.25) is 0 Å². The van der Waals surface area contributed by atoms with Crippen LogP contribution >= 0.6 is 0 Å². The Balaban J connectivity index is 2.32. The number of nitrogens with one attached hydrogen (secondary N) is 1. The summed E-state index contributed by atoms with van der Waals surface area (Å²) in [6.45, 7) is 6.94. The molecule has 0 spiro atoms. The van der Waals surface area contributed by atoms with Gasteiger partial charge < -0.3 is 9.73 Å². The molecule has 0 aromatic carbocycles. The van der Waals surface area contributed by atoms with Gasteiger partial charge in [0.2, 0.25) is 0 Å². The highest BCUT2D eigenvalue weighted by Crippen LogP contribution is 2.21. The molecule has 1 heterocycles. The fourth-order valence-corrected chi connectivity index (χ4v) is 1.45. The fourth-order valence-electron chi connectivity index (χ4n) is 1.45. The average Bonchev–Trinajstić information content (AvgIpc) is 2.56. The zero-order chi connectivity index (χ0) is 13.8. The second kappa shape index (κ2) is 5.73.